The first kappa shape index (κ1) is 27.3. The lowest BCUT2D eigenvalue weighted by Gasteiger charge is -2.19. The van der Waals surface area contributed by atoms with E-state index in [-0.39, 0.29) is 17.9 Å². The zero-order valence-corrected chi connectivity index (χ0v) is 22.1. The first-order valence-corrected chi connectivity index (χ1v) is 12.7. The minimum atomic E-state index is -1.00. The van der Waals surface area contributed by atoms with Crippen molar-refractivity contribution >= 4 is 40.4 Å². The molecule has 0 spiro atoms. The number of unbranched alkanes of at least 4 members (excludes halogenated alkanes) is 1. The first-order chi connectivity index (χ1) is 17.3. The largest absolute Gasteiger partial charge is 0.478 e. The second-order valence-electron chi connectivity index (χ2n) is 8.49. The Hall–Kier alpha value is -3.25. The van der Waals surface area contributed by atoms with E-state index in [0.717, 1.165) is 33.4 Å². The molecule has 10 heteroatoms. The molecule has 0 fully saturated rings. The molecule has 0 bridgehead atoms. The van der Waals surface area contributed by atoms with Crippen LogP contribution >= 0.6 is 22.6 Å². The van der Waals surface area contributed by atoms with Gasteiger partial charge < -0.3 is 15.0 Å². The van der Waals surface area contributed by atoms with Gasteiger partial charge in [-0.1, -0.05) is 37.6 Å². The number of hydrogen-bond acceptors (Lipinski definition) is 5. The van der Waals surface area contributed by atoms with E-state index in [9.17, 15) is 14.4 Å². The van der Waals surface area contributed by atoms with Crippen molar-refractivity contribution < 1.29 is 24.7 Å². The van der Waals surface area contributed by atoms with Gasteiger partial charge in [0.2, 0.25) is 5.91 Å². The second-order valence-corrected chi connectivity index (χ2v) is 9.74. The lowest BCUT2D eigenvalue weighted by Crippen LogP contribution is -2.41. The number of carboxylic acids is 1. The normalized spacial score (nSPS) is 11.6. The number of aromatic nitrogens is 2. The number of carbonyl (C=O) groups is 3. The number of aryl methyl sites for hydroxylation is 1. The number of rotatable bonds is 12. The van der Waals surface area contributed by atoms with Gasteiger partial charge in [0.05, 0.1) is 11.8 Å². The Bertz CT molecular complexity index is 1190. The SMILES string of the molecule is CCCCc1ncc(C(=O)N[C@@H](CC(=O)NO)Cc2ccc(I)cc2)n1Cc1ccc(C(=O)O)cc1. The predicted octanol–water partition coefficient (Wildman–Crippen LogP) is 3.81. The van der Waals surface area contributed by atoms with Crippen LogP contribution in [0.3, 0.4) is 0 Å². The standard InChI is InChI=1S/C26H29IN4O5/c1-2-3-4-23-28-15-22(31(23)16-18-5-9-19(10-6-18)26(34)35)25(33)29-21(14-24(32)30-36)13-17-7-11-20(27)12-8-17/h5-12,15,21,36H,2-4,13-14,16H2,1H3,(H,29,33)(H,30,32)(H,34,35)/t21-/m1/s1. The van der Waals surface area contributed by atoms with Crippen molar-refractivity contribution in [1.82, 2.24) is 20.3 Å². The van der Waals surface area contributed by atoms with Crippen LogP contribution in [-0.4, -0.2) is 43.7 Å². The van der Waals surface area contributed by atoms with Crippen molar-refractivity contribution in [3.05, 3.63) is 86.5 Å². The molecule has 1 atom stereocenters. The Balaban J connectivity index is 1.85. The van der Waals surface area contributed by atoms with Gasteiger partial charge in [0.25, 0.3) is 5.91 Å². The van der Waals surface area contributed by atoms with Crippen LogP contribution in [0.15, 0.2) is 54.7 Å². The van der Waals surface area contributed by atoms with Crippen LogP contribution in [0.25, 0.3) is 0 Å². The van der Waals surface area contributed by atoms with Crippen LogP contribution in [-0.2, 0) is 24.2 Å². The summed E-state index contributed by atoms with van der Waals surface area (Å²) in [5.41, 5.74) is 3.95. The molecule has 0 saturated heterocycles. The van der Waals surface area contributed by atoms with E-state index in [4.69, 9.17) is 10.3 Å². The molecule has 0 unspecified atom stereocenters. The van der Waals surface area contributed by atoms with Gasteiger partial charge in [-0.2, -0.15) is 0 Å². The highest BCUT2D eigenvalue weighted by molar-refractivity contribution is 14.1. The van der Waals surface area contributed by atoms with Crippen molar-refractivity contribution in [1.29, 1.82) is 0 Å². The Labute approximate surface area is 223 Å². The summed E-state index contributed by atoms with van der Waals surface area (Å²) < 4.78 is 2.90. The van der Waals surface area contributed by atoms with Crippen LogP contribution in [0.1, 0.15) is 64.0 Å². The predicted molar refractivity (Wildman–Crippen MR) is 142 cm³/mol. The monoisotopic (exact) mass is 604 g/mol. The Morgan fingerprint density at radius 2 is 1.72 bits per heavy atom. The van der Waals surface area contributed by atoms with Gasteiger partial charge >= 0.3 is 5.97 Å². The Morgan fingerprint density at radius 3 is 2.33 bits per heavy atom. The van der Waals surface area contributed by atoms with Gasteiger partial charge in [-0.15, -0.1) is 0 Å². The molecular formula is C26H29IN4O5. The maximum atomic E-state index is 13.4. The highest BCUT2D eigenvalue weighted by atomic mass is 127. The summed E-state index contributed by atoms with van der Waals surface area (Å²) in [5, 5.41) is 21.1. The van der Waals surface area contributed by atoms with E-state index >= 15 is 0 Å². The smallest absolute Gasteiger partial charge is 0.335 e. The number of carboxylic acid groups (broad SMARTS) is 1. The molecule has 3 aromatic rings. The minimum absolute atomic E-state index is 0.0955. The molecule has 1 aromatic heterocycles. The van der Waals surface area contributed by atoms with Crippen molar-refractivity contribution in [3.63, 3.8) is 0 Å². The van der Waals surface area contributed by atoms with E-state index in [0.29, 0.717) is 25.1 Å². The number of imidazole rings is 1. The maximum absolute atomic E-state index is 13.4. The van der Waals surface area contributed by atoms with Crippen molar-refractivity contribution in [3.8, 4) is 0 Å². The van der Waals surface area contributed by atoms with Crippen LogP contribution in [0.2, 0.25) is 0 Å². The molecule has 0 aliphatic carbocycles. The third kappa shape index (κ3) is 7.62. The summed E-state index contributed by atoms with van der Waals surface area (Å²) in [7, 11) is 0. The zero-order chi connectivity index (χ0) is 26.1. The van der Waals surface area contributed by atoms with Crippen LogP contribution < -0.4 is 10.8 Å². The molecular weight excluding hydrogens is 575 g/mol. The number of nitrogens with one attached hydrogen (secondary N) is 2. The summed E-state index contributed by atoms with van der Waals surface area (Å²) >= 11 is 2.21. The quantitative estimate of drug-likeness (QED) is 0.141. The molecule has 1 heterocycles. The molecule has 36 heavy (non-hydrogen) atoms. The maximum Gasteiger partial charge on any atom is 0.335 e. The highest BCUT2D eigenvalue weighted by Gasteiger charge is 2.22. The minimum Gasteiger partial charge on any atom is -0.478 e. The summed E-state index contributed by atoms with van der Waals surface area (Å²) in [6.07, 6.45) is 4.40. The van der Waals surface area contributed by atoms with E-state index in [2.05, 4.69) is 39.8 Å². The molecule has 0 aliphatic rings. The Morgan fingerprint density at radius 1 is 1.06 bits per heavy atom. The fourth-order valence-electron chi connectivity index (χ4n) is 3.85. The molecule has 2 aromatic carbocycles. The number of halogens is 1. The average Bonchev–Trinajstić information content (AvgIpc) is 3.26. The van der Waals surface area contributed by atoms with Gasteiger partial charge in [0, 0.05) is 29.0 Å². The lowest BCUT2D eigenvalue weighted by molar-refractivity contribution is -0.129. The fourth-order valence-corrected chi connectivity index (χ4v) is 4.21. The second kappa shape index (κ2) is 13.2. The highest BCUT2D eigenvalue weighted by Crippen LogP contribution is 2.16. The number of hydroxylamine groups is 1. The summed E-state index contributed by atoms with van der Waals surface area (Å²) in [5.74, 6) is -1.22. The molecule has 0 saturated carbocycles. The number of amides is 2. The van der Waals surface area contributed by atoms with E-state index in [1.54, 1.807) is 17.6 Å². The molecule has 3 rings (SSSR count). The van der Waals surface area contributed by atoms with Crippen LogP contribution in [0, 0.1) is 3.57 Å². The molecule has 190 valence electrons. The van der Waals surface area contributed by atoms with E-state index < -0.39 is 17.9 Å². The third-order valence-electron chi connectivity index (χ3n) is 5.75. The Kier molecular flexibility index (Phi) is 10.00. The van der Waals surface area contributed by atoms with Crippen molar-refractivity contribution in [2.24, 2.45) is 0 Å². The molecule has 0 aliphatic heterocycles. The van der Waals surface area contributed by atoms with Gasteiger partial charge in [0.1, 0.15) is 11.5 Å². The van der Waals surface area contributed by atoms with Crippen LogP contribution in [0.4, 0.5) is 0 Å². The summed E-state index contributed by atoms with van der Waals surface area (Å²) in [4.78, 5) is 40.9. The van der Waals surface area contributed by atoms with Crippen molar-refractivity contribution in [2.45, 2.75) is 51.6 Å². The molecule has 0 radical (unpaired) electrons. The van der Waals surface area contributed by atoms with E-state index in [1.807, 2.05) is 28.8 Å². The number of hydrogen-bond donors (Lipinski definition) is 4. The lowest BCUT2D eigenvalue weighted by atomic mass is 10.0. The number of carbonyl (C=O) groups excluding carboxylic acids is 2. The average molecular weight is 604 g/mol. The topological polar surface area (TPSA) is 134 Å². The zero-order valence-electron chi connectivity index (χ0n) is 19.9. The van der Waals surface area contributed by atoms with Gasteiger partial charge in [-0.05, 0) is 70.8 Å². The molecule has 9 nitrogen and oxygen atoms in total. The fraction of sp³-hybridized carbons (Fsp3) is 0.308. The van der Waals surface area contributed by atoms with Crippen molar-refractivity contribution in [2.75, 3.05) is 0 Å². The summed E-state index contributed by atoms with van der Waals surface area (Å²) in [6.45, 7) is 2.42. The van der Waals surface area contributed by atoms with Crippen LogP contribution in [0.5, 0.6) is 0 Å². The number of benzene rings is 2. The van der Waals surface area contributed by atoms with Gasteiger partial charge in [0.15, 0.2) is 0 Å². The van der Waals surface area contributed by atoms with Gasteiger partial charge in [-0.3, -0.25) is 14.8 Å². The first-order valence-electron chi connectivity index (χ1n) is 11.7. The number of aromatic carboxylic acids is 1. The number of nitrogens with zero attached hydrogens (tertiary/aromatic N) is 2. The summed E-state index contributed by atoms with van der Waals surface area (Å²) in [6, 6.07) is 13.7. The van der Waals surface area contributed by atoms with Gasteiger partial charge in [-0.25, -0.2) is 15.3 Å². The third-order valence-corrected chi connectivity index (χ3v) is 6.47. The van der Waals surface area contributed by atoms with E-state index in [1.165, 1.54) is 18.3 Å². The molecule has 4 N–H and O–H groups in total. The molecule has 2 amide bonds.